The summed E-state index contributed by atoms with van der Waals surface area (Å²) in [4.78, 5) is 12.0. The maximum Gasteiger partial charge on any atom is 0.271 e. The van der Waals surface area contributed by atoms with Gasteiger partial charge in [-0.3, -0.25) is 10.2 Å². The Bertz CT molecular complexity index is 984. The maximum absolute atomic E-state index is 12.0. The molecule has 2 aromatic carbocycles. The first-order valence-electron chi connectivity index (χ1n) is 7.70. The summed E-state index contributed by atoms with van der Waals surface area (Å²) in [6.45, 7) is 3.50. The summed E-state index contributed by atoms with van der Waals surface area (Å²) in [7, 11) is -3.75. The number of hydrogen-bond donors (Lipinski definition) is 3. The fraction of sp³-hybridized carbons (Fsp3) is 0.118. The first-order chi connectivity index (χ1) is 12.7. The lowest BCUT2D eigenvalue weighted by Crippen LogP contribution is -2.20. The Balaban J connectivity index is 1.98. The minimum atomic E-state index is -3.75. The summed E-state index contributed by atoms with van der Waals surface area (Å²) in [5, 5.41) is 12.9. The molecule has 142 valence electrons. The normalized spacial score (nSPS) is 12.6. The Morgan fingerprint density at radius 1 is 1.04 bits per heavy atom. The summed E-state index contributed by atoms with van der Waals surface area (Å²) in [5.41, 5.74) is 7.35. The van der Waals surface area contributed by atoms with Crippen molar-refractivity contribution in [3.63, 3.8) is 0 Å². The third-order valence-corrected chi connectivity index (χ3v) is 4.69. The average molecular weight is 408 g/mol. The van der Waals surface area contributed by atoms with Crippen molar-refractivity contribution >= 4 is 44.1 Å². The molecule has 2 rings (SSSR count). The van der Waals surface area contributed by atoms with Gasteiger partial charge in [0, 0.05) is 5.56 Å². The smallest absolute Gasteiger partial charge is 0.271 e. The molecule has 0 spiro atoms. The van der Waals surface area contributed by atoms with Crippen LogP contribution in [0, 0.1) is 6.92 Å². The topological polar surface area (TPSA) is 126 Å². The summed E-state index contributed by atoms with van der Waals surface area (Å²) in [6, 6.07) is 12.7. The largest absolute Gasteiger partial charge is 0.277 e. The first-order valence-corrected chi connectivity index (χ1v) is 9.63. The van der Waals surface area contributed by atoms with E-state index in [2.05, 4.69) is 21.1 Å². The van der Waals surface area contributed by atoms with Crippen molar-refractivity contribution in [2.75, 3.05) is 5.43 Å². The molecular weight excluding hydrogens is 390 g/mol. The van der Waals surface area contributed by atoms with E-state index in [0.29, 0.717) is 11.3 Å². The predicted octanol–water partition coefficient (Wildman–Crippen LogP) is 2.41. The van der Waals surface area contributed by atoms with Crippen LogP contribution in [0.25, 0.3) is 0 Å². The second-order valence-corrected chi connectivity index (χ2v) is 7.51. The number of carbonyl (C=O) groups is 1. The van der Waals surface area contributed by atoms with Gasteiger partial charge < -0.3 is 0 Å². The number of hydrogen-bond acceptors (Lipinski definition) is 6. The minimum Gasteiger partial charge on any atom is -0.277 e. The first kappa shape index (κ1) is 20.6. The molecule has 27 heavy (non-hydrogen) atoms. The Morgan fingerprint density at radius 2 is 1.63 bits per heavy atom. The molecule has 0 fully saturated rings. The third-order valence-electron chi connectivity index (χ3n) is 3.40. The summed E-state index contributed by atoms with van der Waals surface area (Å²) < 4.78 is 22.4. The molecule has 4 N–H and O–H groups in total. The number of anilines is 1. The molecule has 2 aromatic rings. The third kappa shape index (κ3) is 6.17. The Morgan fingerprint density at radius 3 is 2.19 bits per heavy atom. The lowest BCUT2D eigenvalue weighted by Gasteiger charge is -2.04. The van der Waals surface area contributed by atoms with Gasteiger partial charge in [-0.2, -0.15) is 10.2 Å². The van der Waals surface area contributed by atoms with Gasteiger partial charge in [-0.15, -0.1) is 0 Å². The molecule has 0 unspecified atom stereocenters. The number of nitrogens with one attached hydrogen (secondary N) is 2. The van der Waals surface area contributed by atoms with E-state index in [1.807, 2.05) is 19.1 Å². The second kappa shape index (κ2) is 8.76. The Labute approximate surface area is 162 Å². The molecule has 0 aliphatic rings. The molecule has 10 heteroatoms. The summed E-state index contributed by atoms with van der Waals surface area (Å²) >= 11 is 6.02. The van der Waals surface area contributed by atoms with Gasteiger partial charge in [-0.05, 0) is 50.2 Å². The highest BCUT2D eigenvalue weighted by atomic mass is 35.5. The lowest BCUT2D eigenvalue weighted by atomic mass is 10.1. The molecule has 0 saturated carbocycles. The fourth-order valence-electron chi connectivity index (χ4n) is 1.86. The van der Waals surface area contributed by atoms with Crippen LogP contribution in [0.3, 0.4) is 0 Å². The number of amides is 1. The Kier molecular flexibility index (Phi) is 6.67. The zero-order valence-electron chi connectivity index (χ0n) is 14.6. The van der Waals surface area contributed by atoms with Gasteiger partial charge in [-0.1, -0.05) is 29.3 Å². The van der Waals surface area contributed by atoms with Crippen molar-refractivity contribution in [1.82, 2.24) is 5.43 Å². The van der Waals surface area contributed by atoms with Crippen LogP contribution >= 0.6 is 11.6 Å². The molecule has 0 radical (unpaired) electrons. The van der Waals surface area contributed by atoms with Crippen LogP contribution < -0.4 is 16.0 Å². The van der Waals surface area contributed by atoms with Crippen LogP contribution in [0.15, 0.2) is 63.6 Å². The van der Waals surface area contributed by atoms with Gasteiger partial charge in [0.15, 0.2) is 5.17 Å². The molecule has 0 saturated heterocycles. The van der Waals surface area contributed by atoms with E-state index in [4.69, 9.17) is 16.7 Å². The molecule has 0 bridgehead atoms. The van der Waals surface area contributed by atoms with E-state index in [-0.39, 0.29) is 21.7 Å². The molecule has 0 atom stereocenters. The summed E-state index contributed by atoms with van der Waals surface area (Å²) in [5.74, 6) is -0.370. The number of carbonyl (C=O) groups excluding carboxylic acids is 1. The van der Waals surface area contributed by atoms with E-state index in [0.717, 1.165) is 5.56 Å². The molecule has 0 aromatic heterocycles. The van der Waals surface area contributed by atoms with Crippen LogP contribution in [-0.2, 0) is 10.0 Å². The zero-order chi connectivity index (χ0) is 20.0. The van der Waals surface area contributed by atoms with Crippen molar-refractivity contribution < 1.29 is 13.2 Å². The van der Waals surface area contributed by atoms with Gasteiger partial charge in [0.25, 0.3) is 5.91 Å². The van der Waals surface area contributed by atoms with Crippen LogP contribution in [-0.4, -0.2) is 25.2 Å². The monoisotopic (exact) mass is 407 g/mol. The lowest BCUT2D eigenvalue weighted by molar-refractivity contribution is 0.0955. The van der Waals surface area contributed by atoms with E-state index in [1.165, 1.54) is 24.3 Å². The van der Waals surface area contributed by atoms with Gasteiger partial charge in [0.05, 0.1) is 16.3 Å². The highest BCUT2D eigenvalue weighted by Gasteiger charge is 2.07. The molecule has 0 heterocycles. The van der Waals surface area contributed by atoms with E-state index < -0.39 is 10.0 Å². The number of rotatable bonds is 6. The second-order valence-electron chi connectivity index (χ2n) is 5.59. The quantitative estimate of drug-likeness (QED) is 0.502. The van der Waals surface area contributed by atoms with Crippen LogP contribution in [0.2, 0.25) is 0 Å². The van der Waals surface area contributed by atoms with E-state index in [9.17, 15) is 13.2 Å². The summed E-state index contributed by atoms with van der Waals surface area (Å²) in [6.07, 6.45) is 0. The minimum absolute atomic E-state index is 0.0142. The number of nitrogens with two attached hydrogens (primary N) is 1. The number of benzene rings is 2. The molecule has 0 aliphatic carbocycles. The fourth-order valence-corrected chi connectivity index (χ4v) is 2.46. The molecular formula is C17H18ClN5O3S. The molecule has 8 nitrogen and oxygen atoms in total. The van der Waals surface area contributed by atoms with Crippen molar-refractivity contribution in [3.05, 3.63) is 59.7 Å². The van der Waals surface area contributed by atoms with E-state index >= 15 is 0 Å². The predicted molar refractivity (Wildman–Crippen MR) is 106 cm³/mol. The van der Waals surface area contributed by atoms with Crippen molar-refractivity contribution in [3.8, 4) is 0 Å². The van der Waals surface area contributed by atoms with Gasteiger partial charge >= 0.3 is 0 Å². The number of nitrogens with zero attached hydrogens (tertiary/aromatic N) is 2. The maximum atomic E-state index is 12.0. The number of primary sulfonamides is 1. The van der Waals surface area contributed by atoms with Crippen molar-refractivity contribution in [1.29, 1.82) is 0 Å². The zero-order valence-corrected chi connectivity index (χ0v) is 16.2. The average Bonchev–Trinajstić information content (AvgIpc) is 2.64. The van der Waals surface area contributed by atoms with Gasteiger partial charge in [0.1, 0.15) is 0 Å². The van der Waals surface area contributed by atoms with Gasteiger partial charge in [0.2, 0.25) is 10.0 Å². The SMILES string of the molecule is CC(=N\NC(=O)c1ccc(C)cc1)/C(Cl)=N/Nc1ccc(S(N)(=O)=O)cc1. The number of hydrazone groups is 2. The van der Waals surface area contributed by atoms with Gasteiger partial charge in [-0.25, -0.2) is 19.0 Å². The van der Waals surface area contributed by atoms with Crippen molar-refractivity contribution in [2.24, 2.45) is 15.3 Å². The number of sulfonamides is 1. The van der Waals surface area contributed by atoms with Crippen molar-refractivity contribution in [2.45, 2.75) is 18.7 Å². The highest BCUT2D eigenvalue weighted by molar-refractivity contribution is 7.89. The van der Waals surface area contributed by atoms with Crippen LogP contribution in [0.5, 0.6) is 0 Å². The molecule has 0 aliphatic heterocycles. The number of aryl methyl sites for hydroxylation is 1. The van der Waals surface area contributed by atoms with Crippen LogP contribution in [0.1, 0.15) is 22.8 Å². The highest BCUT2D eigenvalue weighted by Crippen LogP contribution is 2.12. The standard InChI is InChI=1S/C17H18ClN5O3S/c1-11-3-5-13(6-4-11)17(24)23-20-12(2)16(18)22-21-14-7-9-15(10-8-14)27(19,25)26/h3-10,21H,1-2H3,(H,23,24)(H2,19,25,26)/b20-12+,22-16-. The molecule has 1 amide bonds. The number of halogens is 1. The van der Waals surface area contributed by atoms with Crippen LogP contribution in [0.4, 0.5) is 5.69 Å². The Hall–Kier alpha value is -2.75. The van der Waals surface area contributed by atoms with E-state index in [1.54, 1.807) is 19.1 Å².